The standard InChI is InChI=1S/C11H15N5/c1-6-4-7(2)9(8(3)5-6)16-11(13)14-10(12)15-16/h4-5H,1-3H3,(H4,12,13,14,15). The van der Waals surface area contributed by atoms with Gasteiger partial charge in [-0.25, -0.2) is 0 Å². The van der Waals surface area contributed by atoms with Crippen molar-refractivity contribution in [2.75, 3.05) is 11.5 Å². The molecule has 1 aromatic carbocycles. The van der Waals surface area contributed by atoms with Gasteiger partial charge in [0, 0.05) is 0 Å². The summed E-state index contributed by atoms with van der Waals surface area (Å²) in [7, 11) is 0. The van der Waals surface area contributed by atoms with Crippen molar-refractivity contribution < 1.29 is 0 Å². The molecule has 0 saturated carbocycles. The lowest BCUT2D eigenvalue weighted by Crippen LogP contribution is -2.06. The molecule has 0 spiro atoms. The van der Waals surface area contributed by atoms with Crippen molar-refractivity contribution in [3.05, 3.63) is 28.8 Å². The Morgan fingerprint density at radius 1 is 1.06 bits per heavy atom. The van der Waals surface area contributed by atoms with Crippen molar-refractivity contribution in [2.45, 2.75) is 20.8 Å². The molecule has 0 aliphatic heterocycles. The lowest BCUT2D eigenvalue weighted by atomic mass is 10.1. The molecule has 0 amide bonds. The zero-order valence-corrected chi connectivity index (χ0v) is 9.65. The van der Waals surface area contributed by atoms with Crippen molar-refractivity contribution >= 4 is 11.9 Å². The fourth-order valence-corrected chi connectivity index (χ4v) is 2.01. The number of nitrogen functional groups attached to an aromatic ring is 2. The van der Waals surface area contributed by atoms with E-state index in [1.165, 1.54) is 5.56 Å². The zero-order valence-electron chi connectivity index (χ0n) is 9.65. The van der Waals surface area contributed by atoms with Gasteiger partial charge in [-0.1, -0.05) is 17.7 Å². The Bertz CT molecular complexity index is 518. The third kappa shape index (κ3) is 1.60. The van der Waals surface area contributed by atoms with E-state index in [9.17, 15) is 0 Å². The van der Waals surface area contributed by atoms with Gasteiger partial charge in [0.1, 0.15) is 0 Å². The maximum absolute atomic E-state index is 5.76. The Morgan fingerprint density at radius 2 is 1.62 bits per heavy atom. The number of aryl methyl sites for hydroxylation is 3. The Balaban J connectivity index is 2.69. The predicted octanol–water partition coefficient (Wildman–Crippen LogP) is 1.36. The number of nitrogens with two attached hydrogens (primary N) is 2. The van der Waals surface area contributed by atoms with Gasteiger partial charge in [0.05, 0.1) is 5.69 Å². The molecule has 0 bridgehead atoms. The first-order chi connectivity index (χ1) is 7.49. The van der Waals surface area contributed by atoms with Gasteiger partial charge in [0.15, 0.2) is 0 Å². The summed E-state index contributed by atoms with van der Waals surface area (Å²) in [6, 6.07) is 4.17. The summed E-state index contributed by atoms with van der Waals surface area (Å²) in [5.41, 5.74) is 15.7. The Labute approximate surface area is 94.1 Å². The van der Waals surface area contributed by atoms with E-state index in [4.69, 9.17) is 11.5 Å². The summed E-state index contributed by atoms with van der Waals surface area (Å²) < 4.78 is 1.58. The minimum Gasteiger partial charge on any atom is -0.368 e. The van der Waals surface area contributed by atoms with Crippen LogP contribution in [0.1, 0.15) is 16.7 Å². The third-order valence-electron chi connectivity index (χ3n) is 2.50. The molecular weight excluding hydrogens is 202 g/mol. The van der Waals surface area contributed by atoms with E-state index in [0.29, 0.717) is 5.95 Å². The predicted molar refractivity (Wildman–Crippen MR) is 64.4 cm³/mol. The minimum atomic E-state index is 0.192. The van der Waals surface area contributed by atoms with Gasteiger partial charge in [0.25, 0.3) is 0 Å². The fraction of sp³-hybridized carbons (Fsp3) is 0.273. The van der Waals surface area contributed by atoms with Crippen LogP contribution in [0.3, 0.4) is 0 Å². The summed E-state index contributed by atoms with van der Waals surface area (Å²) in [4.78, 5) is 3.90. The molecule has 0 unspecified atom stereocenters. The SMILES string of the molecule is Cc1cc(C)c(-n2nc(N)nc2N)c(C)c1. The van der Waals surface area contributed by atoms with Crippen LogP contribution in [0.5, 0.6) is 0 Å². The number of anilines is 2. The van der Waals surface area contributed by atoms with Crippen LogP contribution in [0, 0.1) is 20.8 Å². The summed E-state index contributed by atoms with van der Waals surface area (Å²) >= 11 is 0. The Hall–Kier alpha value is -2.04. The van der Waals surface area contributed by atoms with E-state index in [-0.39, 0.29) is 5.95 Å². The lowest BCUT2D eigenvalue weighted by molar-refractivity contribution is 0.878. The molecule has 0 aliphatic rings. The number of aromatic nitrogens is 3. The second-order valence-electron chi connectivity index (χ2n) is 3.99. The van der Waals surface area contributed by atoms with E-state index < -0.39 is 0 Å². The maximum Gasteiger partial charge on any atom is 0.241 e. The van der Waals surface area contributed by atoms with E-state index >= 15 is 0 Å². The molecule has 0 radical (unpaired) electrons. The number of hydrogen-bond acceptors (Lipinski definition) is 4. The van der Waals surface area contributed by atoms with Gasteiger partial charge in [-0.2, -0.15) is 9.67 Å². The molecule has 0 fully saturated rings. The first-order valence-electron chi connectivity index (χ1n) is 5.05. The number of nitrogens with zero attached hydrogens (tertiary/aromatic N) is 3. The van der Waals surface area contributed by atoms with Gasteiger partial charge in [0.2, 0.25) is 11.9 Å². The summed E-state index contributed by atoms with van der Waals surface area (Å²) in [5, 5.41) is 4.09. The summed E-state index contributed by atoms with van der Waals surface area (Å²) in [5.74, 6) is 0.504. The van der Waals surface area contributed by atoms with Crippen LogP contribution in [0.15, 0.2) is 12.1 Å². The lowest BCUT2D eigenvalue weighted by Gasteiger charge is -2.11. The molecular formula is C11H15N5. The highest BCUT2D eigenvalue weighted by Gasteiger charge is 2.11. The third-order valence-corrected chi connectivity index (χ3v) is 2.50. The first-order valence-corrected chi connectivity index (χ1v) is 5.05. The summed E-state index contributed by atoms with van der Waals surface area (Å²) in [6.45, 7) is 6.10. The average Bonchev–Trinajstić information content (AvgIpc) is 2.43. The van der Waals surface area contributed by atoms with Gasteiger partial charge in [-0.05, 0) is 31.9 Å². The monoisotopic (exact) mass is 217 g/mol. The van der Waals surface area contributed by atoms with Crippen LogP contribution in [0.25, 0.3) is 5.69 Å². The van der Waals surface area contributed by atoms with Crippen molar-refractivity contribution in [3.8, 4) is 5.69 Å². The van der Waals surface area contributed by atoms with Crippen molar-refractivity contribution in [1.29, 1.82) is 0 Å². The Morgan fingerprint density at radius 3 is 2.06 bits per heavy atom. The molecule has 5 nitrogen and oxygen atoms in total. The van der Waals surface area contributed by atoms with Crippen LogP contribution < -0.4 is 11.5 Å². The van der Waals surface area contributed by atoms with Crippen molar-refractivity contribution in [3.63, 3.8) is 0 Å². The van der Waals surface area contributed by atoms with Crippen LogP contribution in [-0.2, 0) is 0 Å². The smallest absolute Gasteiger partial charge is 0.241 e. The van der Waals surface area contributed by atoms with Crippen molar-refractivity contribution in [1.82, 2.24) is 14.8 Å². The van der Waals surface area contributed by atoms with Crippen LogP contribution in [0.4, 0.5) is 11.9 Å². The van der Waals surface area contributed by atoms with E-state index in [1.807, 2.05) is 13.8 Å². The largest absolute Gasteiger partial charge is 0.368 e. The van der Waals surface area contributed by atoms with E-state index in [2.05, 4.69) is 29.1 Å². The fourth-order valence-electron chi connectivity index (χ4n) is 2.01. The first kappa shape index (κ1) is 10.5. The van der Waals surface area contributed by atoms with Crippen molar-refractivity contribution in [2.24, 2.45) is 0 Å². The number of rotatable bonds is 1. The molecule has 2 rings (SSSR count). The molecule has 0 saturated heterocycles. The molecule has 2 aromatic rings. The molecule has 4 N–H and O–H groups in total. The van der Waals surface area contributed by atoms with Crippen LogP contribution in [0.2, 0.25) is 0 Å². The summed E-state index contributed by atoms with van der Waals surface area (Å²) in [6.07, 6.45) is 0. The van der Waals surface area contributed by atoms with E-state index in [1.54, 1.807) is 4.68 Å². The highest BCUT2D eigenvalue weighted by Crippen LogP contribution is 2.22. The second kappa shape index (κ2) is 3.52. The van der Waals surface area contributed by atoms with Gasteiger partial charge < -0.3 is 11.5 Å². The van der Waals surface area contributed by atoms with Crippen LogP contribution >= 0.6 is 0 Å². The second-order valence-corrected chi connectivity index (χ2v) is 3.99. The molecule has 1 heterocycles. The van der Waals surface area contributed by atoms with E-state index in [0.717, 1.165) is 16.8 Å². The quantitative estimate of drug-likeness (QED) is 0.755. The molecule has 16 heavy (non-hydrogen) atoms. The molecule has 1 aromatic heterocycles. The minimum absolute atomic E-state index is 0.192. The topological polar surface area (TPSA) is 82.8 Å². The molecule has 0 atom stereocenters. The number of benzene rings is 1. The number of hydrogen-bond donors (Lipinski definition) is 2. The van der Waals surface area contributed by atoms with Gasteiger partial charge in [-0.15, -0.1) is 5.10 Å². The maximum atomic E-state index is 5.76. The highest BCUT2D eigenvalue weighted by atomic mass is 15.4. The molecule has 0 aliphatic carbocycles. The Kier molecular flexibility index (Phi) is 2.30. The molecule has 84 valence electrons. The highest BCUT2D eigenvalue weighted by molar-refractivity contribution is 5.52. The zero-order chi connectivity index (χ0) is 11.9. The van der Waals surface area contributed by atoms with Gasteiger partial charge >= 0.3 is 0 Å². The average molecular weight is 217 g/mol. The van der Waals surface area contributed by atoms with Gasteiger partial charge in [-0.3, -0.25) is 0 Å². The molecule has 5 heteroatoms. The van der Waals surface area contributed by atoms with Crippen LogP contribution in [-0.4, -0.2) is 14.8 Å². The normalized spacial score (nSPS) is 10.7.